The van der Waals surface area contributed by atoms with E-state index >= 15 is 0 Å². The summed E-state index contributed by atoms with van der Waals surface area (Å²) in [7, 11) is 0. The van der Waals surface area contributed by atoms with Gasteiger partial charge in [-0.1, -0.05) is 0 Å². The summed E-state index contributed by atoms with van der Waals surface area (Å²) in [4.78, 5) is 25.2. The van der Waals surface area contributed by atoms with Crippen molar-refractivity contribution in [3.8, 4) is 5.75 Å². The van der Waals surface area contributed by atoms with Crippen molar-refractivity contribution >= 4 is 42.7 Å². The van der Waals surface area contributed by atoms with E-state index in [1.807, 2.05) is 24.3 Å². The molecule has 2 aliphatic rings. The molecule has 143 valence electrons. The number of hydroxylamine groups is 2. The standard InChI is InChI=1S/C17H13N4O6Se/c1-16(2)11-5-3-4-6-14(11)28-17(21(16)26)9-18-12-7-10(19(22)23)8-13(20(24)25)15(12)27-17/h3-9H,1-2H3/t17-/m1/s1. The molecule has 2 heterocycles. The third kappa shape index (κ3) is 2.60. The van der Waals surface area contributed by atoms with Crippen LogP contribution in [0.5, 0.6) is 5.75 Å². The van der Waals surface area contributed by atoms with Gasteiger partial charge in [0.2, 0.25) is 0 Å². The van der Waals surface area contributed by atoms with E-state index in [2.05, 4.69) is 4.99 Å². The third-order valence-electron chi connectivity index (χ3n) is 4.65. The Morgan fingerprint density at radius 2 is 1.86 bits per heavy atom. The average Bonchev–Trinajstić information content (AvgIpc) is 2.65. The second kappa shape index (κ2) is 6.08. The molecular formula is C17H13N4O6Se. The minimum absolute atomic E-state index is 0.0487. The Kier molecular flexibility index (Phi) is 4.02. The van der Waals surface area contributed by atoms with Gasteiger partial charge in [-0.2, -0.15) is 0 Å². The predicted octanol–water partition coefficient (Wildman–Crippen LogP) is 2.18. The van der Waals surface area contributed by atoms with Gasteiger partial charge in [-0.25, -0.2) is 0 Å². The van der Waals surface area contributed by atoms with E-state index in [1.54, 1.807) is 13.8 Å². The first kappa shape index (κ1) is 18.5. The molecule has 0 fully saturated rings. The number of aliphatic imine (C=N–C) groups is 1. The quantitative estimate of drug-likeness (QED) is 0.393. The average molecular weight is 448 g/mol. The summed E-state index contributed by atoms with van der Waals surface area (Å²) in [6.07, 6.45) is 1.30. The van der Waals surface area contributed by atoms with Crippen LogP contribution in [-0.4, -0.2) is 40.7 Å². The van der Waals surface area contributed by atoms with Gasteiger partial charge in [0.1, 0.15) is 0 Å². The van der Waals surface area contributed by atoms with Crippen LogP contribution in [0, 0.1) is 20.2 Å². The molecule has 0 amide bonds. The van der Waals surface area contributed by atoms with Gasteiger partial charge in [0, 0.05) is 0 Å². The number of hydrogen-bond acceptors (Lipinski definition) is 7. The van der Waals surface area contributed by atoms with Gasteiger partial charge in [-0.3, -0.25) is 0 Å². The van der Waals surface area contributed by atoms with Gasteiger partial charge >= 0.3 is 164 Å². The molecule has 0 aliphatic carbocycles. The number of benzene rings is 2. The number of ether oxygens (including phenoxy) is 1. The molecule has 2 aromatic rings. The summed E-state index contributed by atoms with van der Waals surface area (Å²) in [5.41, 5.74) is -1.22. The molecule has 0 aromatic heterocycles. The molecule has 28 heavy (non-hydrogen) atoms. The molecule has 1 atom stereocenters. The van der Waals surface area contributed by atoms with Gasteiger partial charge in [-0.15, -0.1) is 0 Å². The molecule has 0 saturated carbocycles. The Labute approximate surface area is 164 Å². The molecule has 1 radical (unpaired) electrons. The van der Waals surface area contributed by atoms with Gasteiger partial charge in [0.25, 0.3) is 0 Å². The van der Waals surface area contributed by atoms with Crippen molar-refractivity contribution < 1.29 is 19.8 Å². The van der Waals surface area contributed by atoms with E-state index in [9.17, 15) is 25.4 Å². The molecule has 2 aliphatic heterocycles. The molecular weight excluding hydrogens is 435 g/mol. The van der Waals surface area contributed by atoms with Crippen molar-refractivity contribution in [2.75, 3.05) is 0 Å². The van der Waals surface area contributed by atoms with Crippen LogP contribution in [0.3, 0.4) is 0 Å². The minimum atomic E-state index is -1.53. The molecule has 0 unspecified atom stereocenters. The van der Waals surface area contributed by atoms with E-state index < -0.39 is 46.3 Å². The van der Waals surface area contributed by atoms with Gasteiger partial charge in [0.05, 0.1) is 0 Å². The second-order valence-electron chi connectivity index (χ2n) is 6.77. The molecule has 11 heteroatoms. The number of rotatable bonds is 2. The Morgan fingerprint density at radius 3 is 2.54 bits per heavy atom. The zero-order valence-electron chi connectivity index (χ0n) is 14.7. The molecule has 0 bridgehead atoms. The van der Waals surface area contributed by atoms with Crippen molar-refractivity contribution in [2.45, 2.75) is 24.0 Å². The predicted molar refractivity (Wildman–Crippen MR) is 98.6 cm³/mol. The Morgan fingerprint density at radius 1 is 1.14 bits per heavy atom. The zero-order chi connectivity index (χ0) is 20.3. The fraction of sp³-hybridized carbons (Fsp3) is 0.235. The van der Waals surface area contributed by atoms with Crippen LogP contribution in [0.1, 0.15) is 19.4 Å². The summed E-state index contributed by atoms with van der Waals surface area (Å²) < 4.78 is 5.31. The second-order valence-corrected chi connectivity index (χ2v) is 9.35. The van der Waals surface area contributed by atoms with Crippen molar-refractivity contribution in [3.63, 3.8) is 0 Å². The summed E-state index contributed by atoms with van der Waals surface area (Å²) in [5, 5.41) is 36.6. The Bertz CT molecular complexity index is 1060. The Balaban J connectivity index is 1.88. The number of non-ortho nitro benzene ring substituents is 1. The Hall–Kier alpha value is -2.85. The maximum absolute atomic E-state index is 13.3. The normalized spacial score (nSPS) is 22.2. The summed E-state index contributed by atoms with van der Waals surface area (Å²) >= 11 is -0.572. The fourth-order valence-electron chi connectivity index (χ4n) is 3.25. The summed E-state index contributed by atoms with van der Waals surface area (Å²) in [6, 6.07) is 9.37. The zero-order valence-corrected chi connectivity index (χ0v) is 16.4. The fourth-order valence-corrected chi connectivity index (χ4v) is 6.25. The van der Waals surface area contributed by atoms with E-state index in [1.165, 1.54) is 6.21 Å². The van der Waals surface area contributed by atoms with E-state index in [0.29, 0.717) is 0 Å². The first-order chi connectivity index (χ1) is 13.2. The van der Waals surface area contributed by atoms with Gasteiger partial charge in [0.15, 0.2) is 0 Å². The molecule has 0 N–H and O–H groups in total. The van der Waals surface area contributed by atoms with Gasteiger partial charge < -0.3 is 0 Å². The van der Waals surface area contributed by atoms with Crippen LogP contribution < -0.4 is 9.20 Å². The third-order valence-corrected chi connectivity index (χ3v) is 7.22. The van der Waals surface area contributed by atoms with Crippen molar-refractivity contribution in [2.24, 2.45) is 4.99 Å². The number of fused-ring (bicyclic) bond motifs is 2. The molecule has 10 nitrogen and oxygen atoms in total. The van der Waals surface area contributed by atoms with Crippen LogP contribution in [0.25, 0.3) is 0 Å². The summed E-state index contributed by atoms with van der Waals surface area (Å²) in [6.45, 7) is 3.49. The first-order valence-electron chi connectivity index (χ1n) is 8.13. The molecule has 2 aromatic carbocycles. The molecule has 0 saturated heterocycles. The molecule has 1 spiro atoms. The van der Waals surface area contributed by atoms with E-state index in [4.69, 9.17) is 4.74 Å². The van der Waals surface area contributed by atoms with E-state index in [-0.39, 0.29) is 11.4 Å². The maximum atomic E-state index is 13.3. The van der Waals surface area contributed by atoms with Crippen LogP contribution >= 0.6 is 0 Å². The monoisotopic (exact) mass is 449 g/mol. The van der Waals surface area contributed by atoms with Crippen LogP contribution in [0.15, 0.2) is 41.4 Å². The van der Waals surface area contributed by atoms with Gasteiger partial charge in [-0.05, 0) is 0 Å². The number of nitrogens with zero attached hydrogens (tertiary/aromatic N) is 4. The van der Waals surface area contributed by atoms with Crippen molar-refractivity contribution in [3.05, 3.63) is 62.2 Å². The van der Waals surface area contributed by atoms with Crippen molar-refractivity contribution in [1.82, 2.24) is 5.06 Å². The molecule has 4 rings (SSSR count). The van der Waals surface area contributed by atoms with Crippen LogP contribution in [0.2, 0.25) is 0 Å². The number of hydrogen-bond donors (Lipinski definition) is 0. The topological polar surface area (TPSA) is 131 Å². The van der Waals surface area contributed by atoms with Crippen LogP contribution in [0.4, 0.5) is 17.1 Å². The van der Waals surface area contributed by atoms with Crippen LogP contribution in [-0.2, 0) is 10.7 Å². The van der Waals surface area contributed by atoms with Crippen molar-refractivity contribution in [1.29, 1.82) is 0 Å². The van der Waals surface area contributed by atoms with E-state index in [0.717, 1.165) is 27.2 Å². The number of nitro benzene ring substituents is 2. The SMILES string of the molecule is CC1(C)c2ccccc2[Se][C@]2(C=Nc3cc([N+](=O)[O-])cc([N+](=O)[O-])c3O2)N1[O]. The number of nitro groups is 2. The summed E-state index contributed by atoms with van der Waals surface area (Å²) in [5.74, 6) is -0.240. The first-order valence-corrected chi connectivity index (χ1v) is 9.84.